The Morgan fingerprint density at radius 3 is 1.95 bits per heavy atom. The van der Waals surface area contributed by atoms with E-state index in [1.807, 2.05) is 0 Å². The lowest BCUT2D eigenvalue weighted by Gasteiger charge is -2.15. The highest BCUT2D eigenvalue weighted by Crippen LogP contribution is 2.30. The van der Waals surface area contributed by atoms with E-state index < -0.39 is 47.7 Å². The third-order valence-corrected chi connectivity index (χ3v) is 2.02. The minimum absolute atomic E-state index is 0.122. The lowest BCUT2D eigenvalue weighted by Crippen LogP contribution is -2.27. The molecule has 0 aliphatic rings. The van der Waals surface area contributed by atoms with Crippen LogP contribution in [0.5, 0.6) is 5.75 Å². The minimum atomic E-state index is -4.99. The number of rotatable bonds is 3. The molecule has 1 unspecified atom stereocenters. The van der Waals surface area contributed by atoms with Crippen molar-refractivity contribution in [3.63, 3.8) is 0 Å². The smallest absolute Gasteiger partial charge is 0.407 e. The minimum Gasteiger partial charge on any atom is -0.486 e. The van der Waals surface area contributed by atoms with Gasteiger partial charge in [0, 0.05) is 6.07 Å². The van der Waals surface area contributed by atoms with Crippen molar-refractivity contribution in [2.45, 2.75) is 6.18 Å². The van der Waals surface area contributed by atoms with Crippen LogP contribution in [0.3, 0.4) is 0 Å². The maximum atomic E-state index is 13.0. The lowest BCUT2D eigenvalue weighted by molar-refractivity contribution is -0.165. The van der Waals surface area contributed by atoms with Gasteiger partial charge in [0.1, 0.15) is 6.61 Å². The summed E-state index contributed by atoms with van der Waals surface area (Å²) >= 11 is 0. The molecule has 0 aliphatic heterocycles. The van der Waals surface area contributed by atoms with E-state index in [4.69, 9.17) is 5.26 Å². The first-order valence-corrected chi connectivity index (χ1v) is 4.60. The Hall–Kier alpha value is -1.98. The van der Waals surface area contributed by atoms with Crippen LogP contribution >= 0.6 is 0 Å². The molecule has 9 heteroatoms. The van der Waals surface area contributed by atoms with Crippen LogP contribution in [0, 0.1) is 40.5 Å². The van der Waals surface area contributed by atoms with Crippen molar-refractivity contribution in [1.29, 1.82) is 5.26 Å². The summed E-state index contributed by atoms with van der Waals surface area (Å²) in [5.41, 5.74) is 0. The van der Waals surface area contributed by atoms with Gasteiger partial charge >= 0.3 is 6.18 Å². The Labute approximate surface area is 102 Å². The molecular formula is C10H4F7NO. The Kier molecular flexibility index (Phi) is 4.24. The number of nitriles is 1. The van der Waals surface area contributed by atoms with Gasteiger partial charge in [0.05, 0.1) is 6.07 Å². The van der Waals surface area contributed by atoms with E-state index in [-0.39, 0.29) is 6.07 Å². The quantitative estimate of drug-likeness (QED) is 0.631. The number of hydrogen-bond acceptors (Lipinski definition) is 2. The van der Waals surface area contributed by atoms with Gasteiger partial charge in [-0.3, -0.25) is 0 Å². The van der Waals surface area contributed by atoms with Crippen molar-refractivity contribution >= 4 is 0 Å². The molecule has 1 aromatic carbocycles. The van der Waals surface area contributed by atoms with Crippen molar-refractivity contribution in [1.82, 2.24) is 0 Å². The lowest BCUT2D eigenvalue weighted by atomic mass is 10.2. The second-order valence-corrected chi connectivity index (χ2v) is 3.33. The fourth-order valence-corrected chi connectivity index (χ4v) is 1.05. The fourth-order valence-electron chi connectivity index (χ4n) is 1.05. The molecule has 1 aromatic rings. The average Bonchev–Trinajstić information content (AvgIpc) is 2.29. The van der Waals surface area contributed by atoms with E-state index in [9.17, 15) is 30.7 Å². The summed E-state index contributed by atoms with van der Waals surface area (Å²) in [6.45, 7) is -1.49. The van der Waals surface area contributed by atoms with E-state index in [0.29, 0.717) is 0 Å². The molecule has 0 aromatic heterocycles. The van der Waals surface area contributed by atoms with Gasteiger partial charge in [0.15, 0.2) is 23.3 Å². The number of alkyl halides is 3. The molecule has 0 amide bonds. The number of nitrogens with zero attached hydrogens (tertiary/aromatic N) is 1. The third kappa shape index (κ3) is 3.27. The number of halogens is 7. The van der Waals surface area contributed by atoms with E-state index in [2.05, 4.69) is 4.74 Å². The van der Waals surface area contributed by atoms with E-state index in [0.717, 1.165) is 6.07 Å². The van der Waals surface area contributed by atoms with Crippen LogP contribution in [-0.4, -0.2) is 12.8 Å². The van der Waals surface area contributed by atoms with Gasteiger partial charge < -0.3 is 4.74 Å². The largest absolute Gasteiger partial charge is 0.486 e. The summed E-state index contributed by atoms with van der Waals surface area (Å²) in [6, 6.07) is 0.676. The van der Waals surface area contributed by atoms with Crippen molar-refractivity contribution < 1.29 is 35.5 Å². The summed E-state index contributed by atoms with van der Waals surface area (Å²) < 4.78 is 91.9. The molecule has 0 saturated heterocycles. The maximum absolute atomic E-state index is 13.0. The molecule has 0 heterocycles. The van der Waals surface area contributed by atoms with Gasteiger partial charge in [-0.05, 0) is 0 Å². The van der Waals surface area contributed by atoms with Crippen LogP contribution in [-0.2, 0) is 0 Å². The van der Waals surface area contributed by atoms with Gasteiger partial charge in [-0.1, -0.05) is 0 Å². The first-order chi connectivity index (χ1) is 8.68. The van der Waals surface area contributed by atoms with Crippen LogP contribution < -0.4 is 4.74 Å². The Balaban J connectivity index is 2.99. The second-order valence-electron chi connectivity index (χ2n) is 3.33. The molecular weight excluding hydrogens is 283 g/mol. The van der Waals surface area contributed by atoms with Crippen molar-refractivity contribution in [2.75, 3.05) is 6.61 Å². The maximum Gasteiger partial charge on any atom is 0.407 e. The average molecular weight is 287 g/mol. The predicted molar refractivity (Wildman–Crippen MR) is 46.9 cm³/mol. The topological polar surface area (TPSA) is 33.0 Å². The van der Waals surface area contributed by atoms with Gasteiger partial charge in [0.25, 0.3) is 0 Å². The van der Waals surface area contributed by atoms with Crippen molar-refractivity contribution in [3.8, 4) is 11.8 Å². The van der Waals surface area contributed by atoms with Crippen molar-refractivity contribution in [3.05, 3.63) is 29.3 Å². The first-order valence-electron chi connectivity index (χ1n) is 4.60. The molecule has 1 atom stereocenters. The number of benzene rings is 1. The normalized spacial score (nSPS) is 12.9. The summed E-state index contributed by atoms with van der Waals surface area (Å²) in [5, 5.41) is 8.20. The molecule has 2 nitrogen and oxygen atoms in total. The fraction of sp³-hybridized carbons (Fsp3) is 0.300. The second kappa shape index (κ2) is 5.34. The van der Waals surface area contributed by atoms with Gasteiger partial charge in [-0.15, -0.1) is 0 Å². The first kappa shape index (κ1) is 15.1. The molecule has 0 N–H and O–H groups in total. The van der Waals surface area contributed by atoms with Gasteiger partial charge in [-0.2, -0.15) is 27.2 Å². The summed E-state index contributed by atoms with van der Waals surface area (Å²) in [4.78, 5) is 0. The predicted octanol–water partition coefficient (Wildman–Crippen LogP) is 3.32. The molecule has 19 heavy (non-hydrogen) atoms. The SMILES string of the molecule is N#CC(COc1c(F)c(F)cc(F)c1F)C(F)(F)F. The standard InChI is InChI=1S/C10H4F7NO/c11-5-1-6(12)8(14)9(7(5)13)19-3-4(2-18)10(15,16)17/h1,4H,3H2. The highest BCUT2D eigenvalue weighted by atomic mass is 19.4. The zero-order chi connectivity index (χ0) is 14.8. The Morgan fingerprint density at radius 1 is 1.11 bits per heavy atom. The summed E-state index contributed by atoms with van der Waals surface area (Å²) in [5.74, 6) is -11.9. The zero-order valence-electron chi connectivity index (χ0n) is 8.86. The Morgan fingerprint density at radius 2 is 1.58 bits per heavy atom. The molecule has 0 bridgehead atoms. The molecule has 0 spiro atoms. The number of ether oxygens (including phenoxy) is 1. The molecule has 1 rings (SSSR count). The highest BCUT2D eigenvalue weighted by Gasteiger charge is 2.41. The zero-order valence-corrected chi connectivity index (χ0v) is 8.86. The Bertz CT molecular complexity index is 494. The van der Waals surface area contributed by atoms with E-state index in [1.165, 1.54) is 0 Å². The summed E-state index contributed by atoms with van der Waals surface area (Å²) in [6.07, 6.45) is -4.99. The van der Waals surface area contributed by atoms with E-state index in [1.54, 1.807) is 0 Å². The molecule has 104 valence electrons. The molecule has 0 aliphatic carbocycles. The van der Waals surface area contributed by atoms with Gasteiger partial charge in [-0.25, -0.2) is 8.78 Å². The van der Waals surface area contributed by atoms with Crippen LogP contribution in [0.1, 0.15) is 0 Å². The van der Waals surface area contributed by atoms with Crippen LogP contribution in [0.25, 0.3) is 0 Å². The third-order valence-electron chi connectivity index (χ3n) is 2.02. The monoisotopic (exact) mass is 287 g/mol. The van der Waals surface area contributed by atoms with Crippen molar-refractivity contribution in [2.24, 2.45) is 5.92 Å². The van der Waals surface area contributed by atoms with Crippen LogP contribution in [0.4, 0.5) is 30.7 Å². The van der Waals surface area contributed by atoms with Crippen LogP contribution in [0.15, 0.2) is 6.07 Å². The molecule has 0 saturated carbocycles. The van der Waals surface area contributed by atoms with Crippen LogP contribution in [0.2, 0.25) is 0 Å². The van der Waals surface area contributed by atoms with E-state index >= 15 is 0 Å². The summed E-state index contributed by atoms with van der Waals surface area (Å²) in [7, 11) is 0. The molecule has 0 radical (unpaired) electrons. The molecule has 0 fully saturated rings. The van der Waals surface area contributed by atoms with Gasteiger partial charge in [0.2, 0.25) is 11.6 Å². The number of hydrogen-bond donors (Lipinski definition) is 0. The highest BCUT2D eigenvalue weighted by molar-refractivity contribution is 5.28.